The smallest absolute Gasteiger partial charge is 0.261 e. The molecule has 1 aromatic rings. The van der Waals surface area contributed by atoms with Gasteiger partial charge in [0.1, 0.15) is 6.54 Å². The van der Waals surface area contributed by atoms with Crippen LogP contribution in [0, 0.1) is 31.1 Å². The molecule has 0 aromatic carbocycles. The van der Waals surface area contributed by atoms with Gasteiger partial charge in [-0.25, -0.2) is 5.43 Å². The summed E-state index contributed by atoms with van der Waals surface area (Å²) in [5.74, 6) is 1.25. The maximum Gasteiger partial charge on any atom is 0.261 e. The number of hydrogen-bond donors (Lipinski definition) is 1. The Morgan fingerprint density at radius 2 is 2.32 bits per heavy atom. The van der Waals surface area contributed by atoms with Gasteiger partial charge < -0.3 is 0 Å². The fourth-order valence-corrected chi connectivity index (χ4v) is 3.73. The first-order chi connectivity index (χ1) is 10.4. The van der Waals surface area contributed by atoms with Crippen LogP contribution in [-0.2, 0) is 11.3 Å². The Labute approximate surface area is 131 Å². The number of rotatable bonds is 4. The molecule has 2 atom stereocenters. The van der Waals surface area contributed by atoms with Gasteiger partial charge in [-0.1, -0.05) is 19.9 Å². The van der Waals surface area contributed by atoms with Gasteiger partial charge in [0.15, 0.2) is 0 Å². The van der Waals surface area contributed by atoms with Crippen LogP contribution in [0.4, 0.5) is 0 Å². The first-order valence-electron chi connectivity index (χ1n) is 7.91. The second kappa shape index (κ2) is 5.38. The molecule has 5 nitrogen and oxygen atoms in total. The molecule has 3 aliphatic carbocycles. The van der Waals surface area contributed by atoms with E-state index in [0.717, 1.165) is 23.7 Å². The van der Waals surface area contributed by atoms with Gasteiger partial charge in [-0.05, 0) is 55.6 Å². The number of hydrogen-bond acceptors (Lipinski definition) is 3. The third-order valence-corrected chi connectivity index (χ3v) is 5.31. The number of allylic oxidation sites excluding steroid dienone is 2. The van der Waals surface area contributed by atoms with Gasteiger partial charge >= 0.3 is 0 Å². The van der Waals surface area contributed by atoms with E-state index in [9.17, 15) is 4.79 Å². The molecule has 3 aliphatic rings. The van der Waals surface area contributed by atoms with Gasteiger partial charge in [-0.2, -0.15) is 10.2 Å². The Hall–Kier alpha value is -1.91. The molecular formula is C17H24N4O. The first-order valence-corrected chi connectivity index (χ1v) is 7.91. The molecule has 2 unspecified atom stereocenters. The number of amides is 1. The predicted molar refractivity (Wildman–Crippen MR) is 86.4 cm³/mol. The van der Waals surface area contributed by atoms with Crippen LogP contribution in [0.2, 0.25) is 0 Å². The number of nitrogens with one attached hydrogen (secondary N) is 1. The molecule has 1 N–H and O–H groups in total. The third-order valence-electron chi connectivity index (χ3n) is 5.31. The summed E-state index contributed by atoms with van der Waals surface area (Å²) in [5.41, 5.74) is 6.15. The van der Waals surface area contributed by atoms with Crippen molar-refractivity contribution in [3.05, 3.63) is 29.1 Å². The van der Waals surface area contributed by atoms with Crippen molar-refractivity contribution in [1.82, 2.24) is 15.2 Å². The minimum absolute atomic E-state index is 0.149. The van der Waals surface area contributed by atoms with E-state index in [4.69, 9.17) is 0 Å². The van der Waals surface area contributed by atoms with Crippen LogP contribution in [-0.4, -0.2) is 21.9 Å². The SMILES string of the molecule is Cc1cc(C)n(CC(=O)NN=CC2=CCC3CC2C3(C)C)n1. The molecule has 1 aromatic heterocycles. The number of nitrogens with zero attached hydrogens (tertiary/aromatic N) is 3. The fraction of sp³-hybridized carbons (Fsp3) is 0.588. The number of carbonyl (C=O) groups is 1. The largest absolute Gasteiger partial charge is 0.271 e. The average Bonchev–Trinajstić information content (AvgIpc) is 2.76. The van der Waals surface area contributed by atoms with Crippen molar-refractivity contribution in [2.45, 2.75) is 47.1 Å². The van der Waals surface area contributed by atoms with Crippen molar-refractivity contribution >= 4 is 12.1 Å². The lowest BCUT2D eigenvalue weighted by molar-refractivity contribution is -0.121. The minimum Gasteiger partial charge on any atom is -0.271 e. The molecule has 118 valence electrons. The summed E-state index contributed by atoms with van der Waals surface area (Å²) >= 11 is 0. The molecular weight excluding hydrogens is 276 g/mol. The van der Waals surface area contributed by atoms with Crippen LogP contribution >= 0.6 is 0 Å². The van der Waals surface area contributed by atoms with E-state index in [2.05, 4.69) is 35.5 Å². The molecule has 0 aliphatic heterocycles. The molecule has 0 radical (unpaired) electrons. The molecule has 4 rings (SSSR count). The summed E-state index contributed by atoms with van der Waals surface area (Å²) < 4.78 is 1.69. The van der Waals surface area contributed by atoms with Gasteiger partial charge in [0.25, 0.3) is 5.91 Å². The highest BCUT2D eigenvalue weighted by molar-refractivity contribution is 5.83. The highest BCUT2D eigenvalue weighted by atomic mass is 16.2. The van der Waals surface area contributed by atoms with Crippen LogP contribution < -0.4 is 5.43 Å². The highest BCUT2D eigenvalue weighted by Crippen LogP contribution is 2.58. The Kier molecular flexibility index (Phi) is 3.67. The standard InChI is InChI=1S/C17H24N4O/c1-11-7-12(2)21(20-11)10-16(22)19-18-9-13-5-6-14-8-15(13)17(14,3)4/h5,7,9,14-15H,6,8,10H2,1-4H3,(H,19,22). The van der Waals surface area contributed by atoms with Gasteiger partial charge in [0.05, 0.1) is 11.9 Å². The van der Waals surface area contributed by atoms with Crippen LogP contribution in [0.5, 0.6) is 0 Å². The number of aromatic nitrogens is 2. The van der Waals surface area contributed by atoms with Gasteiger partial charge in [-0.15, -0.1) is 0 Å². The van der Waals surface area contributed by atoms with E-state index < -0.39 is 0 Å². The van der Waals surface area contributed by atoms with Crippen molar-refractivity contribution in [1.29, 1.82) is 0 Å². The van der Waals surface area contributed by atoms with Crippen LogP contribution in [0.15, 0.2) is 22.8 Å². The maximum atomic E-state index is 11.9. The third kappa shape index (κ3) is 2.60. The summed E-state index contributed by atoms with van der Waals surface area (Å²) in [6, 6.07) is 1.96. The van der Waals surface area contributed by atoms with Crippen molar-refractivity contribution in [3.63, 3.8) is 0 Å². The summed E-state index contributed by atoms with van der Waals surface area (Å²) in [5, 5.41) is 8.41. The second-order valence-electron chi connectivity index (χ2n) is 7.12. The van der Waals surface area contributed by atoms with E-state index in [1.54, 1.807) is 4.68 Å². The van der Waals surface area contributed by atoms with Crippen molar-refractivity contribution in [2.75, 3.05) is 0 Å². The number of hydrazone groups is 1. The molecule has 1 saturated carbocycles. The number of aryl methyl sites for hydroxylation is 2. The zero-order valence-electron chi connectivity index (χ0n) is 13.8. The molecule has 0 spiro atoms. The predicted octanol–water partition coefficient (Wildman–Crippen LogP) is 2.59. The maximum absolute atomic E-state index is 11.9. The lowest BCUT2D eigenvalue weighted by Gasteiger charge is -2.55. The molecule has 0 saturated heterocycles. The minimum atomic E-state index is -0.149. The van der Waals surface area contributed by atoms with Crippen molar-refractivity contribution < 1.29 is 4.79 Å². The van der Waals surface area contributed by atoms with Crippen LogP contribution in [0.25, 0.3) is 0 Å². The fourth-order valence-electron chi connectivity index (χ4n) is 3.73. The molecule has 1 fully saturated rings. The Balaban J connectivity index is 1.55. The Morgan fingerprint density at radius 1 is 1.55 bits per heavy atom. The molecule has 22 heavy (non-hydrogen) atoms. The van der Waals surface area contributed by atoms with E-state index >= 15 is 0 Å². The topological polar surface area (TPSA) is 59.3 Å². The van der Waals surface area contributed by atoms with Gasteiger partial charge in [-0.3, -0.25) is 9.48 Å². The number of carbonyl (C=O) groups excluding carboxylic acids is 1. The van der Waals surface area contributed by atoms with Crippen LogP contribution in [0.1, 0.15) is 38.1 Å². The van der Waals surface area contributed by atoms with Gasteiger partial charge in [0, 0.05) is 5.69 Å². The highest BCUT2D eigenvalue weighted by Gasteiger charge is 2.50. The second-order valence-corrected chi connectivity index (χ2v) is 7.12. The summed E-state index contributed by atoms with van der Waals surface area (Å²) in [7, 11) is 0. The summed E-state index contributed by atoms with van der Waals surface area (Å²) in [4.78, 5) is 11.9. The molecule has 1 amide bonds. The Bertz CT molecular complexity index is 654. The quantitative estimate of drug-likeness (QED) is 0.686. The normalized spacial score (nSPS) is 25.7. The first kappa shape index (κ1) is 15.0. The van der Waals surface area contributed by atoms with Crippen molar-refractivity contribution in [2.24, 2.45) is 22.4 Å². The zero-order valence-corrected chi connectivity index (χ0v) is 13.8. The van der Waals surface area contributed by atoms with E-state index in [1.807, 2.05) is 26.1 Å². The summed E-state index contributed by atoms with van der Waals surface area (Å²) in [6.07, 6.45) is 6.47. The van der Waals surface area contributed by atoms with Crippen LogP contribution in [0.3, 0.4) is 0 Å². The molecule has 5 heteroatoms. The Morgan fingerprint density at radius 3 is 2.91 bits per heavy atom. The van der Waals surface area contributed by atoms with E-state index in [-0.39, 0.29) is 12.5 Å². The number of fused-ring (bicyclic) bond motifs is 1. The lowest BCUT2D eigenvalue weighted by Crippen LogP contribution is -2.48. The van der Waals surface area contributed by atoms with E-state index in [0.29, 0.717) is 11.3 Å². The lowest BCUT2D eigenvalue weighted by atomic mass is 9.49. The zero-order chi connectivity index (χ0) is 15.9. The summed E-state index contributed by atoms with van der Waals surface area (Å²) in [6.45, 7) is 8.72. The van der Waals surface area contributed by atoms with Crippen molar-refractivity contribution in [3.8, 4) is 0 Å². The molecule has 1 heterocycles. The monoisotopic (exact) mass is 300 g/mol. The van der Waals surface area contributed by atoms with Gasteiger partial charge in [0.2, 0.25) is 0 Å². The molecule has 2 bridgehead atoms. The average molecular weight is 300 g/mol. The van der Waals surface area contributed by atoms with E-state index in [1.165, 1.54) is 12.0 Å².